The molecule has 1 aromatic carbocycles. The maximum Gasteiger partial charge on any atom is 0.133 e. The second-order valence-corrected chi connectivity index (χ2v) is 3.14. The lowest BCUT2D eigenvalue weighted by Gasteiger charge is -2.05. The summed E-state index contributed by atoms with van der Waals surface area (Å²) in [6, 6.07) is 7.87. The number of ether oxygens (including phenoxy) is 1. The van der Waals surface area contributed by atoms with E-state index in [4.69, 9.17) is 4.74 Å². The molecule has 0 atom stereocenters. The second kappa shape index (κ2) is 4.57. The zero-order chi connectivity index (χ0) is 8.10. The molecule has 0 saturated carbocycles. The minimum atomic E-state index is 0.700. The van der Waals surface area contributed by atoms with Gasteiger partial charge in [0.05, 0.1) is 11.5 Å². The molecule has 3 heteroatoms. The Morgan fingerprint density at radius 3 is 2.82 bits per heavy atom. The van der Waals surface area contributed by atoms with Crippen molar-refractivity contribution < 1.29 is 4.74 Å². The van der Waals surface area contributed by atoms with Crippen LogP contribution in [0.4, 0.5) is 0 Å². The maximum absolute atomic E-state index is 5.36. The first-order chi connectivity index (χ1) is 5.38. The Balaban J connectivity index is 2.83. The standard InChI is InChI=1S/C8H10OS2/c1-2-9-7-5-3-4-6-8(7)11-10/h3-6,10H,2H2,1H3. The van der Waals surface area contributed by atoms with E-state index in [-0.39, 0.29) is 0 Å². The molecule has 0 amide bonds. The highest BCUT2D eigenvalue weighted by Gasteiger charge is 1.98. The Labute approximate surface area is 76.0 Å². The predicted molar refractivity (Wildman–Crippen MR) is 52.5 cm³/mol. The van der Waals surface area contributed by atoms with Gasteiger partial charge in [0.15, 0.2) is 0 Å². The van der Waals surface area contributed by atoms with Gasteiger partial charge >= 0.3 is 0 Å². The Bertz CT molecular complexity index is 225. The van der Waals surface area contributed by atoms with Crippen molar-refractivity contribution in [3.05, 3.63) is 24.3 Å². The minimum Gasteiger partial charge on any atom is -0.493 e. The van der Waals surface area contributed by atoms with E-state index in [9.17, 15) is 0 Å². The van der Waals surface area contributed by atoms with Gasteiger partial charge in [0, 0.05) is 0 Å². The molecule has 0 aromatic heterocycles. The highest BCUT2D eigenvalue weighted by molar-refractivity contribution is 8.68. The summed E-state index contributed by atoms with van der Waals surface area (Å²) in [5, 5.41) is 0. The van der Waals surface area contributed by atoms with Gasteiger partial charge in [-0.25, -0.2) is 0 Å². The van der Waals surface area contributed by atoms with E-state index in [2.05, 4.69) is 11.7 Å². The summed E-state index contributed by atoms with van der Waals surface area (Å²) < 4.78 is 5.36. The van der Waals surface area contributed by atoms with Crippen LogP contribution in [0.5, 0.6) is 5.75 Å². The molecule has 0 aliphatic heterocycles. The fraction of sp³-hybridized carbons (Fsp3) is 0.250. The minimum absolute atomic E-state index is 0.700. The summed E-state index contributed by atoms with van der Waals surface area (Å²) >= 11 is 4.11. The van der Waals surface area contributed by atoms with Crippen LogP contribution in [-0.2, 0) is 0 Å². The van der Waals surface area contributed by atoms with Crippen molar-refractivity contribution in [1.29, 1.82) is 0 Å². The molecular weight excluding hydrogens is 176 g/mol. The Hall–Kier alpha value is -0.280. The van der Waals surface area contributed by atoms with Gasteiger partial charge < -0.3 is 4.74 Å². The van der Waals surface area contributed by atoms with Crippen molar-refractivity contribution in [2.24, 2.45) is 0 Å². The fourth-order valence-electron chi connectivity index (χ4n) is 0.800. The van der Waals surface area contributed by atoms with Gasteiger partial charge in [-0.1, -0.05) is 22.9 Å². The van der Waals surface area contributed by atoms with Crippen LogP contribution in [0.2, 0.25) is 0 Å². The third-order valence-electron chi connectivity index (χ3n) is 1.25. The van der Waals surface area contributed by atoms with Gasteiger partial charge in [-0.15, -0.1) is 11.7 Å². The second-order valence-electron chi connectivity index (χ2n) is 1.97. The lowest BCUT2D eigenvalue weighted by atomic mass is 10.3. The van der Waals surface area contributed by atoms with Crippen LogP contribution in [0.15, 0.2) is 29.2 Å². The van der Waals surface area contributed by atoms with Crippen molar-refractivity contribution in [1.82, 2.24) is 0 Å². The van der Waals surface area contributed by atoms with Gasteiger partial charge in [0.2, 0.25) is 0 Å². The number of hydrogen-bond acceptors (Lipinski definition) is 3. The van der Waals surface area contributed by atoms with Crippen LogP contribution in [-0.4, -0.2) is 6.61 Å². The van der Waals surface area contributed by atoms with Crippen molar-refractivity contribution in [3.63, 3.8) is 0 Å². The van der Waals surface area contributed by atoms with Crippen LogP contribution < -0.4 is 4.74 Å². The molecule has 0 aliphatic rings. The quantitative estimate of drug-likeness (QED) is 0.574. The topological polar surface area (TPSA) is 9.23 Å². The highest BCUT2D eigenvalue weighted by atomic mass is 33.1. The summed E-state index contributed by atoms with van der Waals surface area (Å²) in [4.78, 5) is 1.07. The molecule has 0 saturated heterocycles. The third kappa shape index (κ3) is 2.34. The lowest BCUT2D eigenvalue weighted by Crippen LogP contribution is -1.91. The van der Waals surface area contributed by atoms with Crippen molar-refractivity contribution in [2.45, 2.75) is 11.8 Å². The summed E-state index contributed by atoms with van der Waals surface area (Å²) in [6.45, 7) is 2.67. The molecule has 0 N–H and O–H groups in total. The van der Waals surface area contributed by atoms with Crippen molar-refractivity contribution >= 4 is 22.5 Å². The maximum atomic E-state index is 5.36. The van der Waals surface area contributed by atoms with Crippen LogP contribution in [0.25, 0.3) is 0 Å². The fourth-order valence-corrected chi connectivity index (χ4v) is 1.61. The number of para-hydroxylation sites is 1. The third-order valence-corrected chi connectivity index (χ3v) is 2.37. The Morgan fingerprint density at radius 2 is 2.18 bits per heavy atom. The van der Waals surface area contributed by atoms with E-state index in [1.54, 1.807) is 0 Å². The van der Waals surface area contributed by atoms with E-state index in [0.717, 1.165) is 10.6 Å². The summed E-state index contributed by atoms with van der Waals surface area (Å²) in [5.41, 5.74) is 0. The van der Waals surface area contributed by atoms with Gasteiger partial charge in [0.1, 0.15) is 5.75 Å². The van der Waals surface area contributed by atoms with Crippen LogP contribution in [0, 0.1) is 0 Å². The summed E-state index contributed by atoms with van der Waals surface area (Å²) in [5.74, 6) is 0.912. The van der Waals surface area contributed by atoms with Crippen LogP contribution in [0.1, 0.15) is 6.92 Å². The molecule has 60 valence electrons. The Kier molecular flexibility index (Phi) is 3.66. The molecule has 0 aliphatic carbocycles. The smallest absolute Gasteiger partial charge is 0.133 e. The zero-order valence-corrected chi connectivity index (χ0v) is 7.99. The Morgan fingerprint density at radius 1 is 1.45 bits per heavy atom. The van der Waals surface area contributed by atoms with Crippen LogP contribution in [0.3, 0.4) is 0 Å². The first-order valence-electron chi connectivity index (χ1n) is 3.41. The van der Waals surface area contributed by atoms with Gasteiger partial charge in [0.25, 0.3) is 0 Å². The number of thiol groups is 1. The molecule has 0 unspecified atom stereocenters. The van der Waals surface area contributed by atoms with Crippen LogP contribution >= 0.6 is 22.5 Å². The highest BCUT2D eigenvalue weighted by Crippen LogP contribution is 2.30. The number of benzene rings is 1. The molecule has 0 fully saturated rings. The lowest BCUT2D eigenvalue weighted by molar-refractivity contribution is 0.332. The first kappa shape index (κ1) is 8.81. The molecule has 0 spiro atoms. The molecule has 0 radical (unpaired) electrons. The number of hydrogen-bond donors (Lipinski definition) is 1. The van der Waals surface area contributed by atoms with E-state index < -0.39 is 0 Å². The van der Waals surface area contributed by atoms with Crippen molar-refractivity contribution in [2.75, 3.05) is 6.61 Å². The zero-order valence-electron chi connectivity index (χ0n) is 6.28. The van der Waals surface area contributed by atoms with E-state index in [1.165, 1.54) is 10.8 Å². The number of rotatable bonds is 3. The average molecular weight is 186 g/mol. The van der Waals surface area contributed by atoms with E-state index in [0.29, 0.717) is 6.61 Å². The normalized spacial score (nSPS) is 9.64. The monoisotopic (exact) mass is 186 g/mol. The largest absolute Gasteiger partial charge is 0.493 e. The first-order valence-corrected chi connectivity index (χ1v) is 5.28. The molecule has 1 rings (SSSR count). The predicted octanol–water partition coefficient (Wildman–Crippen LogP) is 3.02. The van der Waals surface area contributed by atoms with E-state index in [1.807, 2.05) is 31.2 Å². The molecular formula is C8H10OS2. The molecule has 1 aromatic rings. The summed E-state index contributed by atoms with van der Waals surface area (Å²) in [6.07, 6.45) is 0. The average Bonchev–Trinajstić information content (AvgIpc) is 2.06. The molecule has 0 heterocycles. The van der Waals surface area contributed by atoms with Gasteiger partial charge in [-0.3, -0.25) is 0 Å². The van der Waals surface area contributed by atoms with E-state index >= 15 is 0 Å². The SMILES string of the molecule is CCOc1ccccc1SS. The summed E-state index contributed by atoms with van der Waals surface area (Å²) in [7, 11) is 1.40. The molecule has 1 nitrogen and oxygen atoms in total. The molecule has 11 heavy (non-hydrogen) atoms. The van der Waals surface area contributed by atoms with Gasteiger partial charge in [-0.05, 0) is 19.1 Å². The molecule has 0 bridgehead atoms. The van der Waals surface area contributed by atoms with Gasteiger partial charge in [-0.2, -0.15) is 0 Å². The van der Waals surface area contributed by atoms with Crippen molar-refractivity contribution in [3.8, 4) is 5.75 Å².